The van der Waals surface area contributed by atoms with Gasteiger partial charge in [0.1, 0.15) is 0 Å². The van der Waals surface area contributed by atoms with Gasteiger partial charge in [0.05, 0.1) is 4.99 Å². The largest absolute Gasteiger partial charge is 0.500 e. The highest BCUT2D eigenvalue weighted by atomic mass is 32.1. The lowest BCUT2D eigenvalue weighted by atomic mass is 10.1. The molecule has 4 nitrogen and oxygen atoms in total. The summed E-state index contributed by atoms with van der Waals surface area (Å²) in [4.78, 5) is 3.46. The van der Waals surface area contributed by atoms with Crippen molar-refractivity contribution in [2.45, 2.75) is 58.9 Å². The molecule has 1 heterocycles. The predicted octanol–water partition coefficient (Wildman–Crippen LogP) is 3.63. The van der Waals surface area contributed by atoms with Crippen molar-refractivity contribution in [3.8, 4) is 0 Å². The van der Waals surface area contributed by atoms with Crippen LogP contribution in [0.25, 0.3) is 0 Å². The zero-order chi connectivity index (χ0) is 15.6. The highest BCUT2D eigenvalue weighted by Crippen LogP contribution is 2.21. The van der Waals surface area contributed by atoms with Gasteiger partial charge in [0.15, 0.2) is 0 Å². The fraction of sp³-hybridized carbons (Fsp3) is 0.933. The van der Waals surface area contributed by atoms with E-state index in [1.165, 1.54) is 19.3 Å². The Balaban J connectivity index is 2.42. The van der Waals surface area contributed by atoms with Gasteiger partial charge >= 0.3 is 8.80 Å². The third-order valence-electron chi connectivity index (χ3n) is 3.68. The molecule has 1 fully saturated rings. The van der Waals surface area contributed by atoms with Crippen LogP contribution in [-0.4, -0.2) is 51.6 Å². The molecule has 1 aliphatic heterocycles. The minimum atomic E-state index is -2.49. The van der Waals surface area contributed by atoms with Crippen LogP contribution in [0.3, 0.4) is 0 Å². The van der Waals surface area contributed by atoms with E-state index in [9.17, 15) is 0 Å². The second kappa shape index (κ2) is 10.7. The Morgan fingerprint density at radius 3 is 1.95 bits per heavy atom. The van der Waals surface area contributed by atoms with Crippen molar-refractivity contribution in [2.75, 3.05) is 32.9 Å². The van der Waals surface area contributed by atoms with Gasteiger partial charge in [-0.3, -0.25) is 0 Å². The Labute approximate surface area is 136 Å². The van der Waals surface area contributed by atoms with E-state index in [1.54, 1.807) is 0 Å². The summed E-state index contributed by atoms with van der Waals surface area (Å²) in [6.07, 6.45) is 5.82. The minimum Gasteiger partial charge on any atom is -0.374 e. The second-order valence-electron chi connectivity index (χ2n) is 5.28. The molecular formula is C15H31NO3SSi. The van der Waals surface area contributed by atoms with E-state index in [2.05, 4.69) is 4.90 Å². The Hall–Kier alpha value is -0.0131. The quantitative estimate of drug-likeness (QED) is 0.450. The molecule has 124 valence electrons. The Bertz CT molecular complexity index is 282. The van der Waals surface area contributed by atoms with Crippen molar-refractivity contribution in [1.82, 2.24) is 4.90 Å². The van der Waals surface area contributed by atoms with Crippen molar-refractivity contribution < 1.29 is 13.3 Å². The summed E-state index contributed by atoms with van der Waals surface area (Å²) in [5, 5.41) is 0. The topological polar surface area (TPSA) is 30.9 Å². The Morgan fingerprint density at radius 1 is 0.952 bits per heavy atom. The number of hydrogen-bond acceptors (Lipinski definition) is 4. The first-order valence-corrected chi connectivity index (χ1v) is 10.7. The third-order valence-corrected chi connectivity index (χ3v) is 7.29. The van der Waals surface area contributed by atoms with Crippen LogP contribution in [0.1, 0.15) is 52.9 Å². The van der Waals surface area contributed by atoms with Crippen molar-refractivity contribution in [3.63, 3.8) is 0 Å². The van der Waals surface area contributed by atoms with Gasteiger partial charge in [0, 0.05) is 39.0 Å². The monoisotopic (exact) mass is 333 g/mol. The lowest BCUT2D eigenvalue weighted by Crippen LogP contribution is -2.46. The van der Waals surface area contributed by atoms with Crippen molar-refractivity contribution in [3.05, 3.63) is 0 Å². The molecule has 1 rings (SSSR count). The number of thiocarbonyl (C=S) groups is 1. The molecule has 0 bridgehead atoms. The molecule has 0 N–H and O–H groups in total. The molecule has 0 aliphatic carbocycles. The van der Waals surface area contributed by atoms with E-state index < -0.39 is 8.80 Å². The van der Waals surface area contributed by atoms with Crippen LogP contribution in [0.2, 0.25) is 6.04 Å². The highest BCUT2D eigenvalue weighted by Gasteiger charge is 2.39. The third kappa shape index (κ3) is 6.73. The van der Waals surface area contributed by atoms with Gasteiger partial charge in [-0.05, 0) is 52.9 Å². The minimum absolute atomic E-state index is 0.642. The number of piperidine rings is 1. The van der Waals surface area contributed by atoms with Crippen LogP contribution in [-0.2, 0) is 13.3 Å². The van der Waals surface area contributed by atoms with E-state index >= 15 is 0 Å². The van der Waals surface area contributed by atoms with Crippen LogP contribution in [0, 0.1) is 0 Å². The van der Waals surface area contributed by atoms with Gasteiger partial charge in [-0.15, -0.1) is 0 Å². The zero-order valence-corrected chi connectivity index (χ0v) is 15.7. The normalized spacial score (nSPS) is 16.2. The number of rotatable bonds is 10. The maximum atomic E-state index is 5.88. The highest BCUT2D eigenvalue weighted by molar-refractivity contribution is 7.80. The van der Waals surface area contributed by atoms with Crippen molar-refractivity contribution in [2.24, 2.45) is 0 Å². The van der Waals surface area contributed by atoms with Crippen LogP contribution < -0.4 is 0 Å². The molecule has 0 atom stereocenters. The summed E-state index contributed by atoms with van der Waals surface area (Å²) in [6, 6.07) is 0.858. The SMILES string of the molecule is CCO[Si](CCCC(=S)N1CCCCC1)(OCC)OCC. The molecule has 0 aromatic heterocycles. The number of likely N-dealkylation sites (tertiary alicyclic amines) is 1. The smallest absolute Gasteiger partial charge is 0.374 e. The summed E-state index contributed by atoms with van der Waals surface area (Å²) in [5.41, 5.74) is 0. The summed E-state index contributed by atoms with van der Waals surface area (Å²) in [6.45, 7) is 10.2. The second-order valence-corrected chi connectivity index (χ2v) is 8.48. The summed E-state index contributed by atoms with van der Waals surface area (Å²) >= 11 is 5.58. The molecule has 0 spiro atoms. The van der Waals surface area contributed by atoms with Gasteiger partial charge in [-0.25, -0.2) is 0 Å². The maximum absolute atomic E-state index is 5.88. The summed E-state index contributed by atoms with van der Waals surface area (Å²) in [7, 11) is -2.49. The fourth-order valence-corrected chi connectivity index (χ4v) is 5.70. The van der Waals surface area contributed by atoms with Crippen LogP contribution in [0.15, 0.2) is 0 Å². The standard InChI is InChI=1S/C15H31NO3SSi/c1-4-17-21(18-5-2,19-6-3)14-10-11-15(20)16-12-8-7-9-13-16/h4-14H2,1-3H3. The van der Waals surface area contributed by atoms with Gasteiger partial charge in [-0.2, -0.15) is 0 Å². The van der Waals surface area contributed by atoms with E-state index in [0.717, 1.165) is 37.0 Å². The van der Waals surface area contributed by atoms with Gasteiger partial charge in [0.25, 0.3) is 0 Å². The molecule has 0 saturated carbocycles. The molecular weight excluding hydrogens is 302 g/mol. The first-order valence-electron chi connectivity index (χ1n) is 8.37. The first kappa shape index (κ1) is 19.0. The molecule has 6 heteroatoms. The predicted molar refractivity (Wildman–Crippen MR) is 92.7 cm³/mol. The van der Waals surface area contributed by atoms with Crippen molar-refractivity contribution >= 4 is 26.0 Å². The van der Waals surface area contributed by atoms with Crippen molar-refractivity contribution in [1.29, 1.82) is 0 Å². The first-order chi connectivity index (χ1) is 10.2. The molecule has 1 saturated heterocycles. The summed E-state index contributed by atoms with van der Waals surface area (Å²) in [5.74, 6) is 0. The van der Waals surface area contributed by atoms with E-state index in [-0.39, 0.29) is 0 Å². The zero-order valence-electron chi connectivity index (χ0n) is 13.9. The van der Waals surface area contributed by atoms with Gasteiger partial charge < -0.3 is 18.2 Å². The van der Waals surface area contributed by atoms with Crippen LogP contribution in [0.5, 0.6) is 0 Å². The van der Waals surface area contributed by atoms with Gasteiger partial charge in [-0.1, -0.05) is 12.2 Å². The molecule has 0 amide bonds. The van der Waals surface area contributed by atoms with Crippen LogP contribution >= 0.6 is 12.2 Å². The molecule has 0 aromatic carbocycles. The molecule has 1 aliphatic rings. The van der Waals surface area contributed by atoms with E-state index in [1.807, 2.05) is 20.8 Å². The average Bonchev–Trinajstić information content (AvgIpc) is 2.49. The molecule has 0 aromatic rings. The summed E-state index contributed by atoms with van der Waals surface area (Å²) < 4.78 is 17.6. The molecule has 0 radical (unpaired) electrons. The molecule has 21 heavy (non-hydrogen) atoms. The average molecular weight is 334 g/mol. The van der Waals surface area contributed by atoms with Gasteiger partial charge in [0.2, 0.25) is 0 Å². The number of nitrogens with zero attached hydrogens (tertiary/aromatic N) is 1. The van der Waals surface area contributed by atoms with E-state index in [4.69, 9.17) is 25.5 Å². The lowest BCUT2D eigenvalue weighted by molar-refractivity contribution is 0.0709. The van der Waals surface area contributed by atoms with Crippen LogP contribution in [0.4, 0.5) is 0 Å². The Morgan fingerprint density at radius 2 is 1.48 bits per heavy atom. The lowest BCUT2D eigenvalue weighted by Gasteiger charge is -2.31. The fourth-order valence-electron chi connectivity index (χ4n) is 2.76. The Kier molecular flexibility index (Phi) is 9.67. The maximum Gasteiger partial charge on any atom is 0.500 e. The molecule has 0 unspecified atom stereocenters. The van der Waals surface area contributed by atoms with E-state index in [0.29, 0.717) is 19.8 Å². The number of hydrogen-bond donors (Lipinski definition) is 0.